The van der Waals surface area contributed by atoms with Crippen LogP contribution in [0.5, 0.6) is 0 Å². The van der Waals surface area contributed by atoms with E-state index in [0.717, 1.165) is 19.3 Å². The molecule has 2 N–H and O–H groups in total. The van der Waals surface area contributed by atoms with Gasteiger partial charge in [0.1, 0.15) is 6.04 Å². The molecule has 5 heteroatoms. The minimum Gasteiger partial charge on any atom is -0.465 e. The zero-order valence-electron chi connectivity index (χ0n) is 10.4. The molecular weight excluding hydrogens is 220 g/mol. The lowest BCUT2D eigenvalue weighted by molar-refractivity contribution is -0.132. The Morgan fingerprint density at radius 3 is 2.47 bits per heavy atom. The number of nitrogens with one attached hydrogen (secondary N) is 1. The maximum absolute atomic E-state index is 11.1. The van der Waals surface area contributed by atoms with E-state index in [-0.39, 0.29) is 5.91 Å². The van der Waals surface area contributed by atoms with Crippen LogP contribution in [0.15, 0.2) is 0 Å². The van der Waals surface area contributed by atoms with Crippen molar-refractivity contribution in [2.45, 2.75) is 51.5 Å². The third kappa shape index (κ3) is 4.24. The molecule has 1 heterocycles. The van der Waals surface area contributed by atoms with Crippen LogP contribution in [0, 0.1) is 0 Å². The number of carbonyl (C=O) groups is 2. The van der Waals surface area contributed by atoms with E-state index in [2.05, 4.69) is 12.2 Å². The van der Waals surface area contributed by atoms with Crippen molar-refractivity contribution >= 4 is 12.0 Å². The van der Waals surface area contributed by atoms with Gasteiger partial charge >= 0.3 is 6.09 Å². The van der Waals surface area contributed by atoms with Gasteiger partial charge in [0.2, 0.25) is 5.91 Å². The van der Waals surface area contributed by atoms with Crippen LogP contribution in [0.2, 0.25) is 0 Å². The second-order valence-corrected chi connectivity index (χ2v) is 4.50. The molecule has 1 rings (SSSR count). The van der Waals surface area contributed by atoms with E-state index in [9.17, 15) is 9.59 Å². The molecule has 98 valence electrons. The summed E-state index contributed by atoms with van der Waals surface area (Å²) in [5.41, 5.74) is 0. The first-order valence-electron chi connectivity index (χ1n) is 6.44. The summed E-state index contributed by atoms with van der Waals surface area (Å²) < 4.78 is 0. The van der Waals surface area contributed by atoms with Crippen LogP contribution in [-0.2, 0) is 4.79 Å². The summed E-state index contributed by atoms with van der Waals surface area (Å²) in [5, 5.41) is 11.6. The lowest BCUT2D eigenvalue weighted by Crippen LogP contribution is -2.63. The molecule has 0 saturated carbocycles. The third-order valence-corrected chi connectivity index (χ3v) is 3.15. The van der Waals surface area contributed by atoms with Gasteiger partial charge in [-0.3, -0.25) is 9.69 Å². The number of hydrogen-bond acceptors (Lipinski definition) is 2. The van der Waals surface area contributed by atoms with E-state index >= 15 is 0 Å². The Morgan fingerprint density at radius 1 is 1.35 bits per heavy atom. The van der Waals surface area contributed by atoms with Crippen LogP contribution in [0.25, 0.3) is 0 Å². The molecule has 0 aliphatic carbocycles. The highest BCUT2D eigenvalue weighted by Gasteiger charge is 2.35. The van der Waals surface area contributed by atoms with Crippen LogP contribution in [0.1, 0.15) is 45.4 Å². The van der Waals surface area contributed by atoms with Crippen molar-refractivity contribution in [3.8, 4) is 0 Å². The van der Waals surface area contributed by atoms with E-state index < -0.39 is 12.1 Å². The summed E-state index contributed by atoms with van der Waals surface area (Å²) in [7, 11) is 0. The molecule has 0 spiro atoms. The molecule has 5 nitrogen and oxygen atoms in total. The van der Waals surface area contributed by atoms with Gasteiger partial charge in [0.25, 0.3) is 0 Å². The highest BCUT2D eigenvalue weighted by molar-refractivity contribution is 5.90. The van der Waals surface area contributed by atoms with Crippen LogP contribution in [0.4, 0.5) is 4.79 Å². The Bertz CT molecular complexity index is 268. The number of β-lactam (4-membered cyclic amide) rings is 1. The van der Waals surface area contributed by atoms with Gasteiger partial charge in [-0.2, -0.15) is 0 Å². The Labute approximate surface area is 102 Å². The number of nitrogens with zero attached hydrogens (tertiary/aromatic N) is 1. The average molecular weight is 242 g/mol. The number of carboxylic acid groups (broad SMARTS) is 1. The molecular formula is C12H22N2O3. The molecule has 1 aliphatic heterocycles. The van der Waals surface area contributed by atoms with Gasteiger partial charge in [-0.25, -0.2) is 4.79 Å². The number of unbranched alkanes of at least 4 members (excludes halogenated alkanes) is 5. The van der Waals surface area contributed by atoms with Gasteiger partial charge in [0.05, 0.1) is 0 Å². The Balaban J connectivity index is 2.17. The predicted molar refractivity (Wildman–Crippen MR) is 64.9 cm³/mol. The number of amides is 2. The van der Waals surface area contributed by atoms with Crippen molar-refractivity contribution in [1.29, 1.82) is 0 Å². The maximum Gasteiger partial charge on any atom is 0.408 e. The normalized spacial score (nSPS) is 18.4. The quantitative estimate of drug-likeness (QED) is 0.504. The van der Waals surface area contributed by atoms with Crippen LogP contribution in [-0.4, -0.2) is 41.1 Å². The van der Waals surface area contributed by atoms with Crippen molar-refractivity contribution < 1.29 is 14.7 Å². The smallest absolute Gasteiger partial charge is 0.408 e. The minimum absolute atomic E-state index is 0.168. The standard InChI is InChI=1S/C12H22N2O3/c1-2-3-4-5-6-7-8-14(12(16)17)10-9-13-11(10)15/h10H,2-9H2,1H3,(H,13,15)(H,16,17). The molecule has 0 bridgehead atoms. The maximum atomic E-state index is 11.1. The fraction of sp³-hybridized carbons (Fsp3) is 0.833. The molecule has 1 saturated heterocycles. The fourth-order valence-corrected chi connectivity index (χ4v) is 1.98. The molecule has 2 amide bonds. The SMILES string of the molecule is CCCCCCCCN(C(=O)O)C1CNC1=O. The Hall–Kier alpha value is -1.26. The van der Waals surface area contributed by atoms with Gasteiger partial charge in [-0.15, -0.1) is 0 Å². The first-order valence-corrected chi connectivity index (χ1v) is 6.44. The zero-order valence-corrected chi connectivity index (χ0v) is 10.4. The highest BCUT2D eigenvalue weighted by Crippen LogP contribution is 2.11. The first kappa shape index (κ1) is 13.8. The number of hydrogen-bond donors (Lipinski definition) is 2. The van der Waals surface area contributed by atoms with E-state index in [1.807, 2.05) is 0 Å². The molecule has 0 aromatic rings. The van der Waals surface area contributed by atoms with E-state index in [0.29, 0.717) is 13.1 Å². The summed E-state index contributed by atoms with van der Waals surface area (Å²) >= 11 is 0. The van der Waals surface area contributed by atoms with Gasteiger partial charge in [-0.1, -0.05) is 39.0 Å². The second kappa shape index (κ2) is 7.14. The molecule has 17 heavy (non-hydrogen) atoms. The molecule has 1 fully saturated rings. The van der Waals surface area contributed by atoms with Gasteiger partial charge in [0, 0.05) is 13.1 Å². The summed E-state index contributed by atoms with van der Waals surface area (Å²) in [6, 6.07) is -0.455. The summed E-state index contributed by atoms with van der Waals surface area (Å²) in [4.78, 5) is 23.4. The Morgan fingerprint density at radius 2 is 2.00 bits per heavy atom. The summed E-state index contributed by atoms with van der Waals surface area (Å²) in [6.07, 6.45) is 5.72. The van der Waals surface area contributed by atoms with Crippen LogP contribution < -0.4 is 5.32 Å². The number of rotatable bonds is 8. The summed E-state index contributed by atoms with van der Waals surface area (Å²) in [6.45, 7) is 3.10. The van der Waals surface area contributed by atoms with Crippen molar-refractivity contribution in [2.24, 2.45) is 0 Å². The fourth-order valence-electron chi connectivity index (χ4n) is 1.98. The van der Waals surface area contributed by atoms with Crippen LogP contribution >= 0.6 is 0 Å². The molecule has 0 aromatic heterocycles. The van der Waals surface area contributed by atoms with Gasteiger partial charge < -0.3 is 10.4 Å². The van der Waals surface area contributed by atoms with Crippen molar-refractivity contribution in [1.82, 2.24) is 10.2 Å². The lowest BCUT2D eigenvalue weighted by atomic mass is 10.1. The first-order chi connectivity index (χ1) is 8.16. The average Bonchev–Trinajstić information content (AvgIpc) is 2.29. The lowest BCUT2D eigenvalue weighted by Gasteiger charge is -2.34. The number of carbonyl (C=O) groups excluding carboxylic acids is 1. The molecule has 1 unspecified atom stereocenters. The molecule has 1 atom stereocenters. The van der Waals surface area contributed by atoms with E-state index in [1.54, 1.807) is 0 Å². The van der Waals surface area contributed by atoms with E-state index in [4.69, 9.17) is 5.11 Å². The Kier molecular flexibility index (Phi) is 5.80. The van der Waals surface area contributed by atoms with Crippen LogP contribution in [0.3, 0.4) is 0 Å². The van der Waals surface area contributed by atoms with E-state index in [1.165, 1.54) is 24.2 Å². The monoisotopic (exact) mass is 242 g/mol. The van der Waals surface area contributed by atoms with Crippen molar-refractivity contribution in [2.75, 3.05) is 13.1 Å². The van der Waals surface area contributed by atoms with Gasteiger partial charge in [-0.05, 0) is 6.42 Å². The zero-order chi connectivity index (χ0) is 12.7. The second-order valence-electron chi connectivity index (χ2n) is 4.50. The van der Waals surface area contributed by atoms with Crippen molar-refractivity contribution in [3.05, 3.63) is 0 Å². The van der Waals surface area contributed by atoms with Crippen molar-refractivity contribution in [3.63, 3.8) is 0 Å². The predicted octanol–water partition coefficient (Wildman–Crippen LogP) is 1.83. The molecule has 0 radical (unpaired) electrons. The highest BCUT2D eigenvalue weighted by atomic mass is 16.4. The minimum atomic E-state index is -0.988. The molecule has 1 aliphatic rings. The third-order valence-electron chi connectivity index (χ3n) is 3.15. The molecule has 0 aromatic carbocycles. The van der Waals surface area contributed by atoms with Gasteiger partial charge in [0.15, 0.2) is 0 Å². The summed E-state index contributed by atoms with van der Waals surface area (Å²) in [5.74, 6) is -0.168. The topological polar surface area (TPSA) is 69.6 Å². The largest absolute Gasteiger partial charge is 0.465 e.